The quantitative estimate of drug-likeness (QED) is 0.747. The molecule has 2 rings (SSSR count). The summed E-state index contributed by atoms with van der Waals surface area (Å²) in [6, 6.07) is 6.86. The monoisotopic (exact) mass is 367 g/mol. The lowest BCUT2D eigenvalue weighted by molar-refractivity contribution is -0.275. The summed E-state index contributed by atoms with van der Waals surface area (Å²) in [5.41, 5.74) is 0. The molecule has 1 aromatic carbocycles. The van der Waals surface area contributed by atoms with Gasteiger partial charge in [0.25, 0.3) is 0 Å². The average Bonchev–Trinajstić information content (AvgIpc) is 2.33. The number of alkyl halides is 3. The molecule has 0 atom stereocenters. The molecule has 2 aromatic rings. The smallest absolute Gasteiger partial charge is 0.434 e. The van der Waals surface area contributed by atoms with Gasteiger partial charge in [-0.05, 0) is 34.1 Å². The van der Waals surface area contributed by atoms with Crippen LogP contribution >= 0.6 is 27.5 Å². The summed E-state index contributed by atoms with van der Waals surface area (Å²) < 4.78 is 46.5. The molecule has 0 aliphatic rings. The Kier molecular flexibility index (Phi) is 4.39. The molecule has 0 bridgehead atoms. The first-order chi connectivity index (χ1) is 9.35. The van der Waals surface area contributed by atoms with E-state index in [1.165, 1.54) is 30.5 Å². The lowest BCUT2D eigenvalue weighted by Gasteiger charge is -2.13. The predicted octanol–water partition coefficient (Wildman–Crippen LogP) is 5.19. The molecule has 0 fully saturated rings. The van der Waals surface area contributed by atoms with Crippen molar-refractivity contribution in [2.24, 2.45) is 0 Å². The number of benzene rings is 1. The fraction of sp³-hybridized carbons (Fsp3) is 0.0833. The fourth-order valence-electron chi connectivity index (χ4n) is 1.32. The van der Waals surface area contributed by atoms with E-state index in [0.29, 0.717) is 4.47 Å². The third-order valence-corrected chi connectivity index (χ3v) is 2.76. The molecule has 0 amide bonds. The second-order valence-corrected chi connectivity index (χ2v) is 4.86. The summed E-state index contributed by atoms with van der Waals surface area (Å²) in [4.78, 5) is 3.87. The van der Waals surface area contributed by atoms with Crippen LogP contribution in [0.2, 0.25) is 5.02 Å². The van der Waals surface area contributed by atoms with E-state index >= 15 is 0 Å². The zero-order valence-electron chi connectivity index (χ0n) is 9.62. The van der Waals surface area contributed by atoms with Gasteiger partial charge in [0.05, 0.1) is 0 Å². The Morgan fingerprint density at radius 3 is 2.40 bits per heavy atom. The largest absolute Gasteiger partial charge is 0.573 e. The maximum absolute atomic E-state index is 12.3. The van der Waals surface area contributed by atoms with Gasteiger partial charge in [0.15, 0.2) is 11.5 Å². The highest BCUT2D eigenvalue weighted by Crippen LogP contribution is 2.36. The van der Waals surface area contributed by atoms with Crippen LogP contribution in [0.5, 0.6) is 17.4 Å². The van der Waals surface area contributed by atoms with E-state index in [0.717, 1.165) is 6.07 Å². The molecule has 0 radical (unpaired) electrons. The first kappa shape index (κ1) is 14.9. The number of rotatable bonds is 3. The Bertz CT molecular complexity index is 622. The fourth-order valence-corrected chi connectivity index (χ4v) is 1.99. The molecule has 1 aromatic heterocycles. The highest BCUT2D eigenvalue weighted by atomic mass is 79.9. The molecule has 0 saturated heterocycles. The molecule has 0 saturated carbocycles. The Morgan fingerprint density at radius 1 is 1.15 bits per heavy atom. The molecule has 3 nitrogen and oxygen atoms in total. The lowest BCUT2D eigenvalue weighted by Crippen LogP contribution is -2.17. The van der Waals surface area contributed by atoms with Crippen molar-refractivity contribution in [2.75, 3.05) is 0 Å². The Hall–Kier alpha value is -1.47. The standard InChI is InChI=1S/C12H6BrClF3NO2/c13-7-5-8(14)11(18-6-7)19-9-3-1-2-4-10(9)20-12(15,16)17/h1-6H. The molecule has 0 aliphatic heterocycles. The first-order valence-corrected chi connectivity index (χ1v) is 6.36. The lowest BCUT2D eigenvalue weighted by atomic mass is 10.3. The zero-order chi connectivity index (χ0) is 14.8. The second-order valence-electron chi connectivity index (χ2n) is 3.54. The van der Waals surface area contributed by atoms with Gasteiger partial charge >= 0.3 is 6.36 Å². The van der Waals surface area contributed by atoms with Crippen molar-refractivity contribution in [1.29, 1.82) is 0 Å². The van der Waals surface area contributed by atoms with Gasteiger partial charge in [-0.2, -0.15) is 0 Å². The van der Waals surface area contributed by atoms with Gasteiger partial charge in [-0.15, -0.1) is 13.2 Å². The maximum atomic E-state index is 12.3. The van der Waals surface area contributed by atoms with Crippen LogP contribution < -0.4 is 9.47 Å². The Balaban J connectivity index is 2.29. The van der Waals surface area contributed by atoms with Gasteiger partial charge in [0.1, 0.15) is 5.02 Å². The number of aromatic nitrogens is 1. The van der Waals surface area contributed by atoms with E-state index in [4.69, 9.17) is 16.3 Å². The summed E-state index contributed by atoms with van der Waals surface area (Å²) in [7, 11) is 0. The van der Waals surface area contributed by atoms with Crippen LogP contribution in [0, 0.1) is 0 Å². The summed E-state index contributed by atoms with van der Waals surface area (Å²) in [6.07, 6.45) is -3.40. The van der Waals surface area contributed by atoms with E-state index in [2.05, 4.69) is 25.7 Å². The molecule has 1 heterocycles. The molecule has 0 spiro atoms. The van der Waals surface area contributed by atoms with Gasteiger partial charge in [-0.1, -0.05) is 23.7 Å². The van der Waals surface area contributed by atoms with E-state index in [9.17, 15) is 13.2 Å². The number of ether oxygens (including phenoxy) is 2. The number of pyridine rings is 1. The SMILES string of the molecule is FC(F)(F)Oc1ccccc1Oc1ncc(Br)cc1Cl. The van der Waals surface area contributed by atoms with E-state index in [-0.39, 0.29) is 16.7 Å². The molecule has 0 unspecified atom stereocenters. The highest BCUT2D eigenvalue weighted by molar-refractivity contribution is 9.10. The van der Waals surface area contributed by atoms with Crippen molar-refractivity contribution in [3.63, 3.8) is 0 Å². The van der Waals surface area contributed by atoms with Crippen molar-refractivity contribution in [3.05, 3.63) is 46.0 Å². The minimum atomic E-state index is -4.81. The van der Waals surface area contributed by atoms with Crippen LogP contribution in [-0.4, -0.2) is 11.3 Å². The van der Waals surface area contributed by atoms with Crippen molar-refractivity contribution in [3.8, 4) is 17.4 Å². The Morgan fingerprint density at radius 2 is 1.80 bits per heavy atom. The minimum Gasteiger partial charge on any atom is -0.434 e. The van der Waals surface area contributed by atoms with Crippen LogP contribution in [0.25, 0.3) is 0 Å². The normalized spacial score (nSPS) is 11.2. The molecule has 20 heavy (non-hydrogen) atoms. The summed E-state index contributed by atoms with van der Waals surface area (Å²) in [5.74, 6) is -0.629. The number of hydrogen-bond acceptors (Lipinski definition) is 3. The third kappa shape index (κ3) is 4.01. The first-order valence-electron chi connectivity index (χ1n) is 5.19. The van der Waals surface area contributed by atoms with E-state index in [1.807, 2.05) is 0 Å². The van der Waals surface area contributed by atoms with Crippen molar-refractivity contribution >= 4 is 27.5 Å². The van der Waals surface area contributed by atoms with E-state index in [1.54, 1.807) is 0 Å². The average molecular weight is 369 g/mol. The molecule has 0 aliphatic carbocycles. The van der Waals surface area contributed by atoms with Crippen LogP contribution in [0.15, 0.2) is 41.0 Å². The molecule has 0 N–H and O–H groups in total. The second kappa shape index (κ2) is 5.88. The zero-order valence-corrected chi connectivity index (χ0v) is 12.0. The van der Waals surface area contributed by atoms with Crippen LogP contribution in [-0.2, 0) is 0 Å². The number of halogens is 5. The predicted molar refractivity (Wildman–Crippen MR) is 70.1 cm³/mol. The Labute approximate surface area is 125 Å². The number of para-hydroxylation sites is 2. The van der Waals surface area contributed by atoms with Crippen LogP contribution in [0.3, 0.4) is 0 Å². The summed E-state index contributed by atoms with van der Waals surface area (Å²) in [6.45, 7) is 0. The van der Waals surface area contributed by atoms with Crippen molar-refractivity contribution in [2.45, 2.75) is 6.36 Å². The summed E-state index contributed by atoms with van der Waals surface area (Å²) in [5, 5.41) is 0.154. The number of nitrogens with zero attached hydrogens (tertiary/aromatic N) is 1. The van der Waals surface area contributed by atoms with Crippen LogP contribution in [0.1, 0.15) is 0 Å². The van der Waals surface area contributed by atoms with Gasteiger partial charge in [0, 0.05) is 10.7 Å². The highest BCUT2D eigenvalue weighted by Gasteiger charge is 2.32. The molecular formula is C12H6BrClF3NO2. The van der Waals surface area contributed by atoms with Gasteiger partial charge < -0.3 is 9.47 Å². The van der Waals surface area contributed by atoms with E-state index < -0.39 is 12.1 Å². The minimum absolute atomic E-state index is 0.0203. The van der Waals surface area contributed by atoms with Crippen LogP contribution in [0.4, 0.5) is 13.2 Å². The van der Waals surface area contributed by atoms with Crippen molar-refractivity contribution in [1.82, 2.24) is 4.98 Å². The number of hydrogen-bond donors (Lipinski definition) is 0. The van der Waals surface area contributed by atoms with Gasteiger partial charge in [-0.25, -0.2) is 4.98 Å². The van der Waals surface area contributed by atoms with Crippen molar-refractivity contribution < 1.29 is 22.6 Å². The maximum Gasteiger partial charge on any atom is 0.573 e. The molecule has 106 valence electrons. The topological polar surface area (TPSA) is 31.4 Å². The molecular weight excluding hydrogens is 362 g/mol. The third-order valence-electron chi connectivity index (χ3n) is 2.06. The molecule has 8 heteroatoms. The van der Waals surface area contributed by atoms with Gasteiger partial charge in [-0.3, -0.25) is 0 Å². The van der Waals surface area contributed by atoms with Gasteiger partial charge in [0.2, 0.25) is 5.88 Å². The summed E-state index contributed by atoms with van der Waals surface area (Å²) >= 11 is 9.04.